The third-order valence-corrected chi connectivity index (χ3v) is 4.89. The molecule has 0 bridgehead atoms. The van der Waals surface area contributed by atoms with Gasteiger partial charge in [-0.2, -0.15) is 0 Å². The Kier molecular flexibility index (Phi) is 4.58. The first-order chi connectivity index (χ1) is 13.4. The lowest BCUT2D eigenvalue weighted by Crippen LogP contribution is -2.34. The van der Waals surface area contributed by atoms with Gasteiger partial charge in [-0.05, 0) is 44.0 Å². The fourth-order valence-electron chi connectivity index (χ4n) is 3.51. The highest BCUT2D eigenvalue weighted by Crippen LogP contribution is 2.47. The number of carbonyl (C=O) groups is 2. The fourth-order valence-corrected chi connectivity index (χ4v) is 3.51. The van der Waals surface area contributed by atoms with E-state index in [9.17, 15) is 14.7 Å². The number of hydrogen-bond donors (Lipinski definition) is 2. The lowest BCUT2D eigenvalue weighted by atomic mass is 10.1. The van der Waals surface area contributed by atoms with Gasteiger partial charge in [0.1, 0.15) is 11.3 Å². The topological polar surface area (TPSA) is 94.1 Å². The molecule has 0 unspecified atom stereocenters. The van der Waals surface area contributed by atoms with Crippen molar-refractivity contribution in [3.8, 4) is 17.2 Å². The summed E-state index contributed by atoms with van der Waals surface area (Å²) in [6.07, 6.45) is 3.84. The quantitative estimate of drug-likeness (QED) is 0.785. The second kappa shape index (κ2) is 7.07. The molecule has 7 nitrogen and oxygen atoms in total. The maximum atomic E-state index is 12.1. The van der Waals surface area contributed by atoms with Crippen molar-refractivity contribution >= 4 is 17.6 Å². The van der Waals surface area contributed by atoms with Crippen molar-refractivity contribution in [3.63, 3.8) is 0 Å². The summed E-state index contributed by atoms with van der Waals surface area (Å²) in [4.78, 5) is 24.2. The highest BCUT2D eigenvalue weighted by Gasteiger charge is 2.44. The van der Waals surface area contributed by atoms with Gasteiger partial charge in [-0.3, -0.25) is 4.79 Å². The molecule has 2 aromatic rings. The van der Waals surface area contributed by atoms with E-state index in [1.54, 1.807) is 31.2 Å². The lowest BCUT2D eigenvalue weighted by Gasteiger charge is -2.21. The summed E-state index contributed by atoms with van der Waals surface area (Å²) in [7, 11) is 0. The molecule has 2 aliphatic rings. The van der Waals surface area contributed by atoms with Gasteiger partial charge in [0.05, 0.1) is 0 Å². The summed E-state index contributed by atoms with van der Waals surface area (Å²) in [5.74, 6) is -0.730. The Morgan fingerprint density at radius 1 is 1.11 bits per heavy atom. The van der Waals surface area contributed by atoms with Crippen LogP contribution in [0.5, 0.6) is 17.2 Å². The molecular weight excluding hydrogens is 362 g/mol. The summed E-state index contributed by atoms with van der Waals surface area (Å²) < 4.78 is 16.9. The molecule has 1 amide bonds. The number of hydrogen-bond acceptors (Lipinski definition) is 6. The second-order valence-electron chi connectivity index (χ2n) is 7.13. The first-order valence-electron chi connectivity index (χ1n) is 9.23. The summed E-state index contributed by atoms with van der Waals surface area (Å²) in [6.45, 7) is 1.32. The number of phenolic OH excluding ortho intramolecular Hbond substituents is 1. The van der Waals surface area contributed by atoms with Crippen LogP contribution in [0.2, 0.25) is 0 Å². The number of benzene rings is 2. The van der Waals surface area contributed by atoms with Crippen LogP contribution in [0.15, 0.2) is 36.4 Å². The number of phenols is 1. The van der Waals surface area contributed by atoms with Crippen LogP contribution in [0.25, 0.3) is 0 Å². The van der Waals surface area contributed by atoms with Crippen LogP contribution in [0.3, 0.4) is 0 Å². The van der Waals surface area contributed by atoms with E-state index in [-0.39, 0.29) is 11.3 Å². The van der Waals surface area contributed by atoms with Crippen molar-refractivity contribution in [2.24, 2.45) is 0 Å². The minimum absolute atomic E-state index is 0.0257. The van der Waals surface area contributed by atoms with Gasteiger partial charge in [0, 0.05) is 24.6 Å². The van der Waals surface area contributed by atoms with Crippen LogP contribution in [0, 0.1) is 6.92 Å². The summed E-state index contributed by atoms with van der Waals surface area (Å²) in [5.41, 5.74) is 1.35. The summed E-state index contributed by atoms with van der Waals surface area (Å²) in [5, 5.41) is 12.4. The van der Waals surface area contributed by atoms with Gasteiger partial charge < -0.3 is 24.6 Å². The first kappa shape index (κ1) is 18.2. The molecule has 1 aliphatic heterocycles. The molecule has 4 rings (SSSR count). The van der Waals surface area contributed by atoms with Gasteiger partial charge >= 0.3 is 5.97 Å². The van der Waals surface area contributed by atoms with Crippen molar-refractivity contribution in [3.05, 3.63) is 47.5 Å². The molecule has 0 radical (unpaired) electrons. The molecule has 0 saturated heterocycles. The molecule has 2 aromatic carbocycles. The van der Waals surface area contributed by atoms with Crippen molar-refractivity contribution in [1.82, 2.24) is 0 Å². The molecule has 7 heteroatoms. The highest BCUT2D eigenvalue weighted by molar-refractivity contribution is 5.97. The number of anilines is 1. The van der Waals surface area contributed by atoms with E-state index >= 15 is 0 Å². The van der Waals surface area contributed by atoms with Gasteiger partial charge in [0.15, 0.2) is 18.1 Å². The molecule has 1 fully saturated rings. The number of aryl methyl sites for hydroxylation is 1. The average molecular weight is 383 g/mol. The Bertz CT molecular complexity index is 932. The molecule has 0 atom stereocenters. The number of rotatable bonds is 4. The van der Waals surface area contributed by atoms with Crippen molar-refractivity contribution in [2.45, 2.75) is 38.4 Å². The predicted octanol–water partition coefficient (Wildman–Crippen LogP) is 3.54. The minimum atomic E-state index is -0.759. The summed E-state index contributed by atoms with van der Waals surface area (Å²) in [6, 6.07) is 9.77. The van der Waals surface area contributed by atoms with E-state index in [4.69, 9.17) is 14.2 Å². The number of carbonyl (C=O) groups excluding carboxylic acids is 2. The molecule has 146 valence electrons. The largest absolute Gasteiger partial charge is 0.507 e. The standard InChI is InChI=1S/C21H21NO6/c1-13-4-6-16(23)15(10-13)20(25)26-12-19(24)22-14-5-7-17-18(11-14)28-21(27-17)8-2-3-9-21/h4-7,10-11,23H,2-3,8-9,12H2,1H3,(H,22,24). The summed E-state index contributed by atoms with van der Waals surface area (Å²) >= 11 is 0. The molecule has 28 heavy (non-hydrogen) atoms. The molecule has 1 spiro atoms. The number of fused-ring (bicyclic) bond motifs is 1. The number of amides is 1. The van der Waals surface area contributed by atoms with Gasteiger partial charge in [-0.25, -0.2) is 4.79 Å². The van der Waals surface area contributed by atoms with Crippen LogP contribution >= 0.6 is 0 Å². The van der Waals surface area contributed by atoms with Crippen molar-refractivity contribution in [1.29, 1.82) is 0 Å². The van der Waals surface area contributed by atoms with Crippen LogP contribution in [-0.4, -0.2) is 29.4 Å². The Hall–Kier alpha value is -3.22. The van der Waals surface area contributed by atoms with Crippen LogP contribution in [0.1, 0.15) is 41.6 Å². The van der Waals surface area contributed by atoms with E-state index in [0.29, 0.717) is 17.2 Å². The maximum absolute atomic E-state index is 12.1. The molecule has 1 heterocycles. The molecule has 2 N–H and O–H groups in total. The second-order valence-corrected chi connectivity index (χ2v) is 7.13. The normalized spacial score (nSPS) is 16.2. The van der Waals surface area contributed by atoms with E-state index in [0.717, 1.165) is 31.2 Å². The number of nitrogens with one attached hydrogen (secondary N) is 1. The predicted molar refractivity (Wildman–Crippen MR) is 101 cm³/mol. The Balaban J connectivity index is 1.35. The SMILES string of the molecule is Cc1ccc(O)c(C(=O)OCC(=O)Nc2ccc3c(c2)OC2(CCCC2)O3)c1. The smallest absolute Gasteiger partial charge is 0.342 e. The fraction of sp³-hybridized carbons (Fsp3) is 0.333. The molecule has 0 aromatic heterocycles. The van der Waals surface area contributed by atoms with E-state index < -0.39 is 24.3 Å². The van der Waals surface area contributed by atoms with Gasteiger partial charge in [0.25, 0.3) is 11.7 Å². The third-order valence-electron chi connectivity index (χ3n) is 4.89. The zero-order chi connectivity index (χ0) is 19.7. The number of aromatic hydroxyl groups is 1. The molecule has 1 saturated carbocycles. The minimum Gasteiger partial charge on any atom is -0.507 e. The van der Waals surface area contributed by atoms with E-state index in [1.165, 1.54) is 12.1 Å². The highest BCUT2D eigenvalue weighted by atomic mass is 16.7. The Morgan fingerprint density at radius 2 is 1.86 bits per heavy atom. The molecular formula is C21H21NO6. The first-order valence-corrected chi connectivity index (χ1v) is 9.23. The number of ether oxygens (including phenoxy) is 3. The Morgan fingerprint density at radius 3 is 2.64 bits per heavy atom. The molecule has 1 aliphatic carbocycles. The zero-order valence-electron chi connectivity index (χ0n) is 15.5. The van der Waals surface area contributed by atoms with Gasteiger partial charge in [-0.15, -0.1) is 0 Å². The van der Waals surface area contributed by atoms with Crippen LogP contribution < -0.4 is 14.8 Å². The van der Waals surface area contributed by atoms with Crippen molar-refractivity contribution in [2.75, 3.05) is 11.9 Å². The van der Waals surface area contributed by atoms with Gasteiger partial charge in [-0.1, -0.05) is 11.6 Å². The van der Waals surface area contributed by atoms with Crippen LogP contribution in [0.4, 0.5) is 5.69 Å². The van der Waals surface area contributed by atoms with E-state index in [2.05, 4.69) is 5.32 Å². The zero-order valence-corrected chi connectivity index (χ0v) is 15.5. The maximum Gasteiger partial charge on any atom is 0.342 e. The average Bonchev–Trinajstić information content (AvgIpc) is 3.27. The monoisotopic (exact) mass is 383 g/mol. The Labute approximate surface area is 162 Å². The lowest BCUT2D eigenvalue weighted by molar-refractivity contribution is -0.119. The number of esters is 1. The van der Waals surface area contributed by atoms with E-state index in [1.807, 2.05) is 0 Å². The van der Waals surface area contributed by atoms with Crippen molar-refractivity contribution < 1.29 is 28.9 Å². The van der Waals surface area contributed by atoms with Crippen LogP contribution in [-0.2, 0) is 9.53 Å². The third kappa shape index (κ3) is 3.60. The van der Waals surface area contributed by atoms with Gasteiger partial charge in [0.2, 0.25) is 0 Å².